The van der Waals surface area contributed by atoms with Crippen LogP contribution in [0.3, 0.4) is 0 Å². The molecule has 102 valence electrons. The monoisotopic (exact) mass is 246 g/mol. The van der Waals surface area contributed by atoms with Crippen molar-refractivity contribution >= 4 is 0 Å². The fourth-order valence-corrected chi connectivity index (χ4v) is 2.26. The number of methoxy groups -OCH3 is 2. The van der Waals surface area contributed by atoms with Crippen LogP contribution in [0.25, 0.3) is 0 Å². The zero-order valence-corrected chi connectivity index (χ0v) is 11.0. The predicted octanol–water partition coefficient (Wildman–Crippen LogP) is -0.448. The van der Waals surface area contributed by atoms with Crippen molar-refractivity contribution in [2.24, 2.45) is 5.92 Å². The number of aliphatic hydroxyl groups is 1. The van der Waals surface area contributed by atoms with E-state index in [9.17, 15) is 5.11 Å². The molecule has 1 aliphatic heterocycles. The Labute approximate surface area is 104 Å². The van der Waals surface area contributed by atoms with Gasteiger partial charge in [-0.15, -0.1) is 0 Å². The third-order valence-electron chi connectivity index (χ3n) is 3.10. The quantitative estimate of drug-likeness (QED) is 0.540. The molecule has 0 radical (unpaired) electrons. The predicted molar refractivity (Wildman–Crippen MR) is 67.2 cm³/mol. The summed E-state index contributed by atoms with van der Waals surface area (Å²) in [5, 5.41) is 13.0. The number of ether oxygens (including phenoxy) is 2. The van der Waals surface area contributed by atoms with E-state index in [2.05, 4.69) is 10.2 Å². The summed E-state index contributed by atoms with van der Waals surface area (Å²) in [7, 11) is 3.43. The minimum atomic E-state index is -0.298. The Morgan fingerprint density at radius 3 is 2.94 bits per heavy atom. The molecule has 0 amide bonds. The molecule has 2 unspecified atom stereocenters. The third kappa shape index (κ3) is 6.33. The summed E-state index contributed by atoms with van der Waals surface area (Å²) in [6.07, 6.45) is 0.880. The van der Waals surface area contributed by atoms with Crippen molar-refractivity contribution < 1.29 is 14.6 Å². The molecule has 17 heavy (non-hydrogen) atoms. The summed E-state index contributed by atoms with van der Waals surface area (Å²) in [6, 6.07) is 0. The SMILES string of the molecule is COCCNCC(O)CN1CCC(COC)C1. The molecule has 0 aromatic carbocycles. The molecule has 0 spiro atoms. The van der Waals surface area contributed by atoms with Crippen LogP contribution in [0.15, 0.2) is 0 Å². The van der Waals surface area contributed by atoms with Crippen molar-refractivity contribution in [1.82, 2.24) is 10.2 Å². The molecule has 5 heteroatoms. The van der Waals surface area contributed by atoms with Crippen LogP contribution in [-0.4, -0.2) is 76.3 Å². The summed E-state index contributed by atoms with van der Waals surface area (Å²) in [5.74, 6) is 0.633. The molecule has 1 heterocycles. The Morgan fingerprint density at radius 1 is 1.41 bits per heavy atom. The second-order valence-corrected chi connectivity index (χ2v) is 4.72. The van der Waals surface area contributed by atoms with Crippen LogP contribution < -0.4 is 5.32 Å². The van der Waals surface area contributed by atoms with E-state index in [1.807, 2.05) is 0 Å². The normalized spacial score (nSPS) is 23.1. The highest BCUT2D eigenvalue weighted by atomic mass is 16.5. The number of likely N-dealkylation sites (tertiary alicyclic amines) is 1. The van der Waals surface area contributed by atoms with Gasteiger partial charge in [0.1, 0.15) is 0 Å². The molecule has 2 N–H and O–H groups in total. The molecule has 1 rings (SSSR count). The van der Waals surface area contributed by atoms with Gasteiger partial charge in [-0.25, -0.2) is 0 Å². The average molecular weight is 246 g/mol. The highest BCUT2D eigenvalue weighted by Gasteiger charge is 2.23. The summed E-state index contributed by atoms with van der Waals surface area (Å²) in [5.41, 5.74) is 0. The molecular weight excluding hydrogens is 220 g/mol. The van der Waals surface area contributed by atoms with Crippen LogP contribution >= 0.6 is 0 Å². The topological polar surface area (TPSA) is 54.0 Å². The maximum absolute atomic E-state index is 9.85. The molecule has 1 saturated heterocycles. The van der Waals surface area contributed by atoms with Crippen molar-refractivity contribution in [3.63, 3.8) is 0 Å². The lowest BCUT2D eigenvalue weighted by atomic mass is 10.1. The van der Waals surface area contributed by atoms with E-state index >= 15 is 0 Å². The number of nitrogens with one attached hydrogen (secondary N) is 1. The van der Waals surface area contributed by atoms with Crippen molar-refractivity contribution in [2.45, 2.75) is 12.5 Å². The zero-order chi connectivity index (χ0) is 12.5. The van der Waals surface area contributed by atoms with Gasteiger partial charge in [0.05, 0.1) is 19.3 Å². The third-order valence-corrected chi connectivity index (χ3v) is 3.10. The van der Waals surface area contributed by atoms with Crippen LogP contribution in [0, 0.1) is 5.92 Å². The molecule has 0 aromatic heterocycles. The van der Waals surface area contributed by atoms with Crippen molar-refractivity contribution in [2.75, 3.05) is 60.2 Å². The first kappa shape index (κ1) is 14.9. The number of β-amino-alcohol motifs (C(OH)–C–C–N with tert-alkyl or cyclic N) is 1. The van der Waals surface area contributed by atoms with Gasteiger partial charge in [-0.3, -0.25) is 0 Å². The lowest BCUT2D eigenvalue weighted by molar-refractivity contribution is 0.111. The van der Waals surface area contributed by atoms with Gasteiger partial charge in [-0.05, 0) is 18.9 Å². The molecule has 0 saturated carbocycles. The van der Waals surface area contributed by atoms with Crippen LogP contribution in [0.1, 0.15) is 6.42 Å². The van der Waals surface area contributed by atoms with Crippen LogP contribution in [0.2, 0.25) is 0 Å². The number of aliphatic hydroxyl groups excluding tert-OH is 1. The van der Waals surface area contributed by atoms with Crippen molar-refractivity contribution in [3.05, 3.63) is 0 Å². The van der Waals surface area contributed by atoms with E-state index in [4.69, 9.17) is 9.47 Å². The van der Waals surface area contributed by atoms with Gasteiger partial charge in [-0.2, -0.15) is 0 Å². The van der Waals surface area contributed by atoms with Gasteiger partial charge in [0.15, 0.2) is 0 Å². The Balaban J connectivity index is 2.04. The van der Waals surface area contributed by atoms with E-state index < -0.39 is 0 Å². The summed E-state index contributed by atoms with van der Waals surface area (Å²) in [6.45, 7) is 5.81. The van der Waals surface area contributed by atoms with E-state index in [1.54, 1.807) is 14.2 Å². The van der Waals surface area contributed by atoms with Crippen molar-refractivity contribution in [3.8, 4) is 0 Å². The van der Waals surface area contributed by atoms with E-state index in [-0.39, 0.29) is 6.10 Å². The average Bonchev–Trinajstić information content (AvgIpc) is 2.73. The zero-order valence-electron chi connectivity index (χ0n) is 11.0. The molecule has 0 aromatic rings. The van der Waals surface area contributed by atoms with E-state index in [0.717, 1.165) is 32.8 Å². The summed E-state index contributed by atoms with van der Waals surface area (Å²) >= 11 is 0. The molecule has 2 atom stereocenters. The largest absolute Gasteiger partial charge is 0.390 e. The number of nitrogens with zero attached hydrogens (tertiary/aromatic N) is 1. The second-order valence-electron chi connectivity index (χ2n) is 4.72. The Kier molecular flexibility index (Phi) is 7.72. The lowest BCUT2D eigenvalue weighted by Gasteiger charge is -2.20. The molecule has 1 aliphatic rings. The number of hydrogen-bond donors (Lipinski definition) is 2. The Bertz CT molecular complexity index is 193. The van der Waals surface area contributed by atoms with Crippen LogP contribution in [0.4, 0.5) is 0 Å². The van der Waals surface area contributed by atoms with Crippen LogP contribution in [-0.2, 0) is 9.47 Å². The fourth-order valence-electron chi connectivity index (χ4n) is 2.26. The Hall–Kier alpha value is -0.200. The highest BCUT2D eigenvalue weighted by molar-refractivity contribution is 4.77. The van der Waals surface area contributed by atoms with Gasteiger partial charge in [0.25, 0.3) is 0 Å². The lowest BCUT2D eigenvalue weighted by Crippen LogP contribution is -2.38. The molecule has 0 bridgehead atoms. The van der Waals surface area contributed by atoms with Crippen LogP contribution in [0.5, 0.6) is 0 Å². The Morgan fingerprint density at radius 2 is 2.24 bits per heavy atom. The maximum Gasteiger partial charge on any atom is 0.0791 e. The standard InChI is InChI=1S/C12H26N2O3/c1-16-6-4-13-7-12(15)9-14-5-3-11(8-14)10-17-2/h11-13,15H,3-10H2,1-2H3. The first-order valence-corrected chi connectivity index (χ1v) is 6.35. The van der Waals surface area contributed by atoms with Gasteiger partial charge in [-0.1, -0.05) is 0 Å². The molecule has 1 fully saturated rings. The second kappa shape index (κ2) is 8.83. The first-order valence-electron chi connectivity index (χ1n) is 6.35. The fraction of sp³-hybridized carbons (Fsp3) is 1.00. The van der Waals surface area contributed by atoms with Gasteiger partial charge in [0, 0.05) is 40.4 Å². The minimum Gasteiger partial charge on any atom is -0.390 e. The highest BCUT2D eigenvalue weighted by Crippen LogP contribution is 2.16. The smallest absolute Gasteiger partial charge is 0.0791 e. The van der Waals surface area contributed by atoms with Gasteiger partial charge in [0.2, 0.25) is 0 Å². The van der Waals surface area contributed by atoms with E-state index in [1.165, 1.54) is 6.42 Å². The molecular formula is C12H26N2O3. The first-order chi connectivity index (χ1) is 8.26. The number of rotatable bonds is 9. The number of hydrogen-bond acceptors (Lipinski definition) is 5. The summed E-state index contributed by atoms with van der Waals surface area (Å²) in [4.78, 5) is 2.31. The van der Waals surface area contributed by atoms with Gasteiger partial charge < -0.3 is 24.8 Å². The van der Waals surface area contributed by atoms with E-state index in [0.29, 0.717) is 19.1 Å². The molecule has 5 nitrogen and oxygen atoms in total. The summed E-state index contributed by atoms with van der Waals surface area (Å²) < 4.78 is 10.1. The van der Waals surface area contributed by atoms with Gasteiger partial charge >= 0.3 is 0 Å². The minimum absolute atomic E-state index is 0.298. The maximum atomic E-state index is 9.85. The molecule has 0 aliphatic carbocycles. The van der Waals surface area contributed by atoms with Crippen molar-refractivity contribution in [1.29, 1.82) is 0 Å².